The maximum atomic E-state index is 12.3. The zero-order valence-electron chi connectivity index (χ0n) is 14.7. The van der Waals surface area contributed by atoms with Crippen LogP contribution >= 0.6 is 23.4 Å². The lowest BCUT2D eigenvalue weighted by Crippen LogP contribution is -2.14. The SMILES string of the molecule is COc1ccc(OC)c(NC(=O)CSc2ncc(-c3ccc(Cl)cc3)o2)c1. The molecule has 27 heavy (non-hydrogen) atoms. The third-order valence-corrected chi connectivity index (χ3v) is 4.71. The second-order valence-corrected chi connectivity index (χ2v) is 6.76. The summed E-state index contributed by atoms with van der Waals surface area (Å²) in [5.74, 6) is 1.72. The fraction of sp³-hybridized carbons (Fsp3) is 0.158. The number of thioether (sulfide) groups is 1. The van der Waals surface area contributed by atoms with Gasteiger partial charge in [-0.25, -0.2) is 4.98 Å². The Hall–Kier alpha value is -2.64. The zero-order valence-corrected chi connectivity index (χ0v) is 16.3. The summed E-state index contributed by atoms with van der Waals surface area (Å²) in [7, 11) is 3.10. The number of oxazole rings is 1. The number of hydrogen-bond donors (Lipinski definition) is 1. The van der Waals surface area contributed by atoms with E-state index in [9.17, 15) is 4.79 Å². The van der Waals surface area contributed by atoms with Crippen LogP contribution in [0.15, 0.2) is 58.3 Å². The van der Waals surface area contributed by atoms with E-state index in [1.54, 1.807) is 43.6 Å². The predicted octanol–water partition coefficient (Wildman–Crippen LogP) is 4.74. The summed E-state index contributed by atoms with van der Waals surface area (Å²) in [6, 6.07) is 12.4. The van der Waals surface area contributed by atoms with E-state index in [1.807, 2.05) is 12.1 Å². The number of ether oxygens (including phenoxy) is 2. The highest BCUT2D eigenvalue weighted by Gasteiger charge is 2.12. The van der Waals surface area contributed by atoms with E-state index in [0.717, 1.165) is 5.56 Å². The van der Waals surface area contributed by atoms with Crippen LogP contribution in [0.2, 0.25) is 5.02 Å². The summed E-state index contributed by atoms with van der Waals surface area (Å²) >= 11 is 7.09. The third kappa shape index (κ3) is 4.96. The number of nitrogens with zero attached hydrogens (tertiary/aromatic N) is 1. The Labute approximate surface area is 165 Å². The highest BCUT2D eigenvalue weighted by atomic mass is 35.5. The molecule has 3 aromatic rings. The van der Waals surface area contributed by atoms with E-state index in [1.165, 1.54) is 18.9 Å². The van der Waals surface area contributed by atoms with Crippen LogP contribution in [0.3, 0.4) is 0 Å². The number of carbonyl (C=O) groups is 1. The van der Waals surface area contributed by atoms with Gasteiger partial charge in [-0.05, 0) is 36.4 Å². The summed E-state index contributed by atoms with van der Waals surface area (Å²) in [4.78, 5) is 16.4. The van der Waals surface area contributed by atoms with Crippen molar-refractivity contribution in [3.63, 3.8) is 0 Å². The van der Waals surface area contributed by atoms with Crippen molar-refractivity contribution in [3.05, 3.63) is 53.7 Å². The summed E-state index contributed by atoms with van der Waals surface area (Å²) in [6.07, 6.45) is 1.62. The quantitative estimate of drug-likeness (QED) is 0.573. The average Bonchev–Trinajstić information content (AvgIpc) is 3.16. The number of methoxy groups -OCH3 is 2. The number of hydrogen-bond acceptors (Lipinski definition) is 6. The van der Waals surface area contributed by atoms with E-state index < -0.39 is 0 Å². The molecule has 0 unspecified atom stereocenters. The normalized spacial score (nSPS) is 10.5. The minimum atomic E-state index is -0.210. The van der Waals surface area contributed by atoms with Crippen LogP contribution in [-0.2, 0) is 4.79 Å². The first-order valence-corrected chi connectivity index (χ1v) is 9.32. The standard InChI is InChI=1S/C19H17ClN2O4S/c1-24-14-7-8-16(25-2)15(9-14)22-18(23)11-27-19-21-10-17(26-19)12-3-5-13(20)6-4-12/h3-10H,11H2,1-2H3,(H,22,23). The van der Waals surface area contributed by atoms with E-state index in [0.29, 0.717) is 33.2 Å². The smallest absolute Gasteiger partial charge is 0.256 e. The molecule has 0 saturated carbocycles. The fourth-order valence-electron chi connectivity index (χ4n) is 2.30. The van der Waals surface area contributed by atoms with E-state index in [4.69, 9.17) is 25.5 Å². The van der Waals surface area contributed by atoms with Gasteiger partial charge in [-0.3, -0.25) is 4.79 Å². The predicted molar refractivity (Wildman–Crippen MR) is 106 cm³/mol. The molecule has 0 bridgehead atoms. The molecule has 0 spiro atoms. The van der Waals surface area contributed by atoms with Crippen LogP contribution in [-0.4, -0.2) is 30.9 Å². The lowest BCUT2D eigenvalue weighted by Gasteiger charge is -2.11. The van der Waals surface area contributed by atoms with Gasteiger partial charge in [-0.15, -0.1) is 0 Å². The van der Waals surface area contributed by atoms with Gasteiger partial charge in [0.25, 0.3) is 5.22 Å². The van der Waals surface area contributed by atoms with Gasteiger partial charge in [-0.2, -0.15) is 0 Å². The van der Waals surface area contributed by atoms with Gasteiger partial charge < -0.3 is 19.2 Å². The van der Waals surface area contributed by atoms with Crippen LogP contribution in [0.4, 0.5) is 5.69 Å². The lowest BCUT2D eigenvalue weighted by atomic mass is 10.2. The van der Waals surface area contributed by atoms with Crippen molar-refractivity contribution in [2.24, 2.45) is 0 Å². The number of halogens is 1. The minimum Gasteiger partial charge on any atom is -0.497 e. The zero-order chi connectivity index (χ0) is 19.2. The first-order valence-electron chi connectivity index (χ1n) is 7.95. The molecule has 0 aliphatic carbocycles. The number of carbonyl (C=O) groups excluding carboxylic acids is 1. The maximum absolute atomic E-state index is 12.3. The largest absolute Gasteiger partial charge is 0.497 e. The van der Waals surface area contributed by atoms with Crippen LogP contribution in [0.25, 0.3) is 11.3 Å². The van der Waals surface area contributed by atoms with Crippen LogP contribution in [0, 0.1) is 0 Å². The molecule has 2 aromatic carbocycles. The molecular formula is C19H17ClN2O4S. The van der Waals surface area contributed by atoms with Crippen molar-refractivity contribution in [1.82, 2.24) is 4.98 Å². The number of amides is 1. The highest BCUT2D eigenvalue weighted by Crippen LogP contribution is 2.30. The van der Waals surface area contributed by atoms with Crippen molar-refractivity contribution in [3.8, 4) is 22.8 Å². The van der Waals surface area contributed by atoms with Gasteiger partial charge in [-0.1, -0.05) is 23.4 Å². The Morgan fingerprint density at radius 3 is 2.67 bits per heavy atom. The highest BCUT2D eigenvalue weighted by molar-refractivity contribution is 7.99. The van der Waals surface area contributed by atoms with E-state index >= 15 is 0 Å². The Morgan fingerprint density at radius 2 is 1.96 bits per heavy atom. The van der Waals surface area contributed by atoms with Gasteiger partial charge in [0.1, 0.15) is 11.5 Å². The molecule has 8 heteroatoms. The van der Waals surface area contributed by atoms with Crippen LogP contribution in [0.1, 0.15) is 0 Å². The van der Waals surface area contributed by atoms with Crippen molar-refractivity contribution >= 4 is 35.0 Å². The molecule has 0 aliphatic rings. The Bertz CT molecular complexity index is 928. The van der Waals surface area contributed by atoms with Crippen molar-refractivity contribution < 1.29 is 18.7 Å². The Kier molecular flexibility index (Phi) is 6.26. The van der Waals surface area contributed by atoms with Crippen molar-refractivity contribution in [1.29, 1.82) is 0 Å². The molecule has 0 saturated heterocycles. The van der Waals surface area contributed by atoms with Gasteiger partial charge in [0.05, 0.1) is 31.9 Å². The first-order chi connectivity index (χ1) is 13.1. The summed E-state index contributed by atoms with van der Waals surface area (Å²) < 4.78 is 16.1. The van der Waals surface area contributed by atoms with Crippen LogP contribution < -0.4 is 14.8 Å². The second kappa shape index (κ2) is 8.83. The fourth-order valence-corrected chi connectivity index (χ4v) is 3.03. The molecule has 1 amide bonds. The average molecular weight is 405 g/mol. The maximum Gasteiger partial charge on any atom is 0.256 e. The minimum absolute atomic E-state index is 0.140. The van der Waals surface area contributed by atoms with Crippen LogP contribution in [0.5, 0.6) is 11.5 Å². The summed E-state index contributed by atoms with van der Waals surface area (Å²) in [5.41, 5.74) is 1.40. The van der Waals surface area contributed by atoms with Gasteiger partial charge in [0, 0.05) is 16.7 Å². The first kappa shape index (κ1) is 19.1. The number of rotatable bonds is 7. The van der Waals surface area contributed by atoms with E-state index in [-0.39, 0.29) is 11.7 Å². The summed E-state index contributed by atoms with van der Waals surface area (Å²) in [6.45, 7) is 0. The molecule has 1 N–H and O–H groups in total. The third-order valence-electron chi connectivity index (χ3n) is 3.62. The number of anilines is 1. The second-order valence-electron chi connectivity index (χ2n) is 5.40. The van der Waals surface area contributed by atoms with E-state index in [2.05, 4.69) is 10.3 Å². The lowest BCUT2D eigenvalue weighted by molar-refractivity contribution is -0.113. The summed E-state index contributed by atoms with van der Waals surface area (Å²) in [5, 5.41) is 3.86. The Balaban J connectivity index is 1.61. The Morgan fingerprint density at radius 1 is 1.19 bits per heavy atom. The molecule has 0 aliphatic heterocycles. The van der Waals surface area contributed by atoms with Gasteiger partial charge in [0.2, 0.25) is 5.91 Å². The number of nitrogens with one attached hydrogen (secondary N) is 1. The molecule has 0 fully saturated rings. The van der Waals surface area contributed by atoms with Crippen molar-refractivity contribution in [2.45, 2.75) is 5.22 Å². The molecule has 6 nitrogen and oxygen atoms in total. The molecular weight excluding hydrogens is 388 g/mol. The molecule has 1 heterocycles. The molecule has 0 atom stereocenters. The van der Waals surface area contributed by atoms with Gasteiger partial charge in [0.15, 0.2) is 5.76 Å². The molecule has 140 valence electrons. The monoisotopic (exact) mass is 404 g/mol. The van der Waals surface area contributed by atoms with Crippen molar-refractivity contribution in [2.75, 3.05) is 25.3 Å². The van der Waals surface area contributed by atoms with Gasteiger partial charge >= 0.3 is 0 Å². The molecule has 0 radical (unpaired) electrons. The number of benzene rings is 2. The topological polar surface area (TPSA) is 73.6 Å². The number of aromatic nitrogens is 1. The molecule has 1 aromatic heterocycles. The molecule has 3 rings (SSSR count).